The first-order chi connectivity index (χ1) is 14.0. The van der Waals surface area contributed by atoms with Gasteiger partial charge in [-0.1, -0.05) is 31.2 Å². The predicted molar refractivity (Wildman–Crippen MR) is 114 cm³/mol. The first-order valence-electron chi connectivity index (χ1n) is 9.35. The van der Waals surface area contributed by atoms with Gasteiger partial charge >= 0.3 is 6.09 Å². The van der Waals surface area contributed by atoms with Gasteiger partial charge in [0.2, 0.25) is 5.91 Å². The van der Waals surface area contributed by atoms with E-state index in [1.807, 2.05) is 55.5 Å². The maximum absolute atomic E-state index is 11.2. The average molecular weight is 402 g/mol. The molecule has 0 aromatic heterocycles. The zero-order chi connectivity index (χ0) is 21.5. The Morgan fingerprint density at radius 2 is 1.62 bits per heavy atom. The molecule has 0 saturated carbocycles. The average Bonchev–Trinajstić information content (AvgIpc) is 2.69. The number of amides is 2. The topological polar surface area (TPSA) is 85.9 Å². The quantitative estimate of drug-likeness (QED) is 0.651. The van der Waals surface area contributed by atoms with Gasteiger partial charge in [0.15, 0.2) is 0 Å². The second kappa shape index (κ2) is 14.1. The fourth-order valence-electron chi connectivity index (χ4n) is 2.25. The highest BCUT2D eigenvalue weighted by atomic mass is 16.6. The minimum absolute atomic E-state index is 0.0928. The molecule has 0 unspecified atom stereocenters. The molecule has 0 bridgehead atoms. The van der Waals surface area contributed by atoms with Crippen molar-refractivity contribution in [2.75, 3.05) is 44.7 Å². The van der Waals surface area contributed by atoms with E-state index in [9.17, 15) is 9.59 Å². The molecule has 0 fully saturated rings. The van der Waals surface area contributed by atoms with Crippen LogP contribution >= 0.6 is 0 Å². The zero-order valence-corrected chi connectivity index (χ0v) is 17.5. The van der Waals surface area contributed by atoms with E-state index in [1.54, 1.807) is 7.11 Å². The van der Waals surface area contributed by atoms with Crippen molar-refractivity contribution in [2.24, 2.45) is 0 Å². The molecule has 0 heterocycles. The summed E-state index contributed by atoms with van der Waals surface area (Å²) in [5.74, 6) is -0.128. The summed E-state index contributed by atoms with van der Waals surface area (Å²) in [5.41, 5.74) is 3.89. The van der Waals surface area contributed by atoms with Gasteiger partial charge in [-0.2, -0.15) is 0 Å². The monoisotopic (exact) mass is 402 g/mol. The Morgan fingerprint density at radius 3 is 2.21 bits per heavy atom. The van der Waals surface area contributed by atoms with Crippen molar-refractivity contribution in [3.8, 4) is 0 Å². The Hall–Kier alpha value is -2.90. The summed E-state index contributed by atoms with van der Waals surface area (Å²) in [7, 11) is 3.06. The third-order valence-corrected chi connectivity index (χ3v) is 3.71. The van der Waals surface area contributed by atoms with Crippen molar-refractivity contribution in [1.29, 1.82) is 0 Å². The molecule has 2 N–H and O–H groups in total. The summed E-state index contributed by atoms with van der Waals surface area (Å²) in [4.78, 5) is 22.3. The van der Waals surface area contributed by atoms with Gasteiger partial charge in [-0.15, -0.1) is 0 Å². The number of ether oxygens (including phenoxy) is 3. The molecule has 0 radical (unpaired) electrons. The molecule has 7 heteroatoms. The molecule has 0 saturated heterocycles. The third-order valence-electron chi connectivity index (χ3n) is 3.71. The Bertz CT molecular complexity index is 747. The van der Waals surface area contributed by atoms with E-state index in [0.29, 0.717) is 6.61 Å². The first-order valence-corrected chi connectivity index (χ1v) is 9.35. The van der Waals surface area contributed by atoms with Crippen molar-refractivity contribution < 1.29 is 23.8 Å². The van der Waals surface area contributed by atoms with Crippen molar-refractivity contribution in [3.05, 3.63) is 59.7 Å². The van der Waals surface area contributed by atoms with E-state index >= 15 is 0 Å². The van der Waals surface area contributed by atoms with E-state index < -0.39 is 6.09 Å². The Labute approximate surface area is 172 Å². The molecule has 29 heavy (non-hydrogen) atoms. The van der Waals surface area contributed by atoms with Crippen LogP contribution in [-0.2, 0) is 25.4 Å². The summed E-state index contributed by atoms with van der Waals surface area (Å²) in [6.45, 7) is 4.81. The molecule has 0 atom stereocenters. The molecule has 0 aliphatic rings. The largest absolute Gasteiger partial charge is 0.447 e. The Kier molecular flexibility index (Phi) is 11.8. The van der Waals surface area contributed by atoms with E-state index in [4.69, 9.17) is 14.2 Å². The maximum Gasteiger partial charge on any atom is 0.411 e. The van der Waals surface area contributed by atoms with Crippen LogP contribution in [0.2, 0.25) is 0 Å². The molecule has 158 valence electrons. The lowest BCUT2D eigenvalue weighted by atomic mass is 10.1. The van der Waals surface area contributed by atoms with E-state index in [-0.39, 0.29) is 19.1 Å². The summed E-state index contributed by atoms with van der Waals surface area (Å²) < 4.78 is 14.3. The molecule has 0 aliphatic carbocycles. The standard InChI is InChI=1S/C11H15NO3.C11H15NO2/c1-9-4-3-5-10(8-9)12-11(13)15-7-6-14-2;1-3-9-4-6-10(7-5-9)12-11(13)8-14-2/h3-5,8H,6-7H2,1-2H3,(H,12,13);4-7H,3,8H2,1-2H3,(H,12,13). The molecule has 0 spiro atoms. The molecule has 2 amide bonds. The van der Waals surface area contributed by atoms with Crippen molar-refractivity contribution in [1.82, 2.24) is 0 Å². The maximum atomic E-state index is 11.2. The molecule has 2 aromatic rings. The summed E-state index contributed by atoms with van der Waals surface area (Å²) in [5, 5.41) is 5.36. The van der Waals surface area contributed by atoms with Gasteiger partial charge in [-0.05, 0) is 48.7 Å². The molecule has 2 rings (SSSR count). The van der Waals surface area contributed by atoms with Crippen LogP contribution in [0.1, 0.15) is 18.1 Å². The number of hydrogen-bond acceptors (Lipinski definition) is 5. The number of carbonyl (C=O) groups is 2. The molecule has 7 nitrogen and oxygen atoms in total. The lowest BCUT2D eigenvalue weighted by Crippen LogP contribution is -2.16. The summed E-state index contributed by atoms with van der Waals surface area (Å²) >= 11 is 0. The van der Waals surface area contributed by atoms with Crippen LogP contribution < -0.4 is 10.6 Å². The summed E-state index contributed by atoms with van der Waals surface area (Å²) in [6.07, 6.45) is 0.546. The van der Waals surface area contributed by atoms with Crippen LogP contribution in [0.15, 0.2) is 48.5 Å². The Balaban J connectivity index is 0.000000291. The number of rotatable bonds is 8. The Morgan fingerprint density at radius 1 is 0.897 bits per heavy atom. The van der Waals surface area contributed by atoms with E-state index in [1.165, 1.54) is 12.7 Å². The van der Waals surface area contributed by atoms with Crippen molar-refractivity contribution in [2.45, 2.75) is 20.3 Å². The van der Waals surface area contributed by atoms with Crippen LogP contribution in [0.3, 0.4) is 0 Å². The second-order valence-corrected chi connectivity index (χ2v) is 6.15. The normalized spacial score (nSPS) is 9.79. The SMILES string of the molecule is CCc1ccc(NC(=O)COC)cc1.COCCOC(=O)Nc1cccc(C)c1. The van der Waals surface area contributed by atoms with E-state index in [2.05, 4.69) is 17.6 Å². The number of methoxy groups -OCH3 is 2. The molecular formula is C22H30N2O5. The first kappa shape index (κ1) is 24.1. The minimum Gasteiger partial charge on any atom is -0.447 e. The number of carbonyl (C=O) groups excluding carboxylic acids is 2. The highest BCUT2D eigenvalue weighted by Crippen LogP contribution is 2.10. The zero-order valence-electron chi connectivity index (χ0n) is 17.5. The fraction of sp³-hybridized carbons (Fsp3) is 0.364. The molecule has 0 aliphatic heterocycles. The van der Waals surface area contributed by atoms with Gasteiger partial charge in [-0.25, -0.2) is 4.79 Å². The highest BCUT2D eigenvalue weighted by Gasteiger charge is 2.02. The summed E-state index contributed by atoms with van der Waals surface area (Å²) in [6, 6.07) is 15.3. The number of anilines is 2. The van der Waals surface area contributed by atoms with E-state index in [0.717, 1.165) is 23.4 Å². The third kappa shape index (κ3) is 10.9. The highest BCUT2D eigenvalue weighted by molar-refractivity contribution is 5.91. The molecule has 2 aromatic carbocycles. The van der Waals surface area contributed by atoms with Gasteiger partial charge in [0.1, 0.15) is 13.2 Å². The molecular weight excluding hydrogens is 372 g/mol. The number of nitrogens with one attached hydrogen (secondary N) is 2. The lowest BCUT2D eigenvalue weighted by Gasteiger charge is -2.06. The van der Waals surface area contributed by atoms with Crippen LogP contribution in [0.4, 0.5) is 16.2 Å². The fourth-order valence-corrected chi connectivity index (χ4v) is 2.25. The van der Waals surface area contributed by atoms with Gasteiger partial charge in [0.05, 0.1) is 6.61 Å². The number of aryl methyl sites for hydroxylation is 2. The van der Waals surface area contributed by atoms with Gasteiger partial charge in [-0.3, -0.25) is 10.1 Å². The van der Waals surface area contributed by atoms with Gasteiger partial charge in [0, 0.05) is 25.6 Å². The lowest BCUT2D eigenvalue weighted by molar-refractivity contribution is -0.119. The van der Waals surface area contributed by atoms with Crippen LogP contribution in [-0.4, -0.2) is 46.0 Å². The van der Waals surface area contributed by atoms with Crippen LogP contribution in [0.5, 0.6) is 0 Å². The number of hydrogen-bond donors (Lipinski definition) is 2. The minimum atomic E-state index is -0.461. The van der Waals surface area contributed by atoms with Crippen LogP contribution in [0, 0.1) is 6.92 Å². The predicted octanol–water partition coefficient (Wildman–Crippen LogP) is 4.02. The second-order valence-electron chi connectivity index (χ2n) is 6.15. The smallest absolute Gasteiger partial charge is 0.411 e. The number of benzene rings is 2. The van der Waals surface area contributed by atoms with Crippen LogP contribution in [0.25, 0.3) is 0 Å². The van der Waals surface area contributed by atoms with Gasteiger partial charge in [0.25, 0.3) is 0 Å². The van der Waals surface area contributed by atoms with Crippen molar-refractivity contribution >= 4 is 23.4 Å². The van der Waals surface area contributed by atoms with Crippen molar-refractivity contribution in [3.63, 3.8) is 0 Å². The van der Waals surface area contributed by atoms with Gasteiger partial charge < -0.3 is 19.5 Å².